The molecule has 0 saturated heterocycles. The Morgan fingerprint density at radius 3 is 2.63 bits per heavy atom. The lowest BCUT2D eigenvalue weighted by molar-refractivity contribution is -0.149. The third-order valence-corrected chi connectivity index (χ3v) is 3.75. The van der Waals surface area contributed by atoms with E-state index in [4.69, 9.17) is 0 Å². The minimum absolute atomic E-state index is 0.372. The van der Waals surface area contributed by atoms with Crippen molar-refractivity contribution in [2.45, 2.75) is 59.2 Å². The summed E-state index contributed by atoms with van der Waals surface area (Å²) in [5.74, 6) is -0.810. The predicted octanol–water partition coefficient (Wildman–Crippen LogP) is 2.54. The van der Waals surface area contributed by atoms with Gasteiger partial charge in [0.2, 0.25) is 0 Å². The molecule has 0 fully saturated rings. The molecular formula is C14H25N3O2. The summed E-state index contributed by atoms with van der Waals surface area (Å²) >= 11 is 0. The zero-order chi connectivity index (χ0) is 14.6. The summed E-state index contributed by atoms with van der Waals surface area (Å²) < 4.78 is 1.94. The molecule has 0 spiro atoms. The van der Waals surface area contributed by atoms with Crippen molar-refractivity contribution in [3.05, 3.63) is 18.0 Å². The number of carboxylic acid groups (broad SMARTS) is 1. The fraction of sp³-hybridized carbons (Fsp3) is 0.714. The van der Waals surface area contributed by atoms with Crippen LogP contribution >= 0.6 is 0 Å². The van der Waals surface area contributed by atoms with Crippen LogP contribution in [0.15, 0.2) is 12.3 Å². The number of nitrogens with zero attached hydrogens (tertiary/aromatic N) is 3. The zero-order valence-electron chi connectivity index (χ0n) is 12.6. The van der Waals surface area contributed by atoms with Gasteiger partial charge in [0, 0.05) is 18.8 Å². The number of likely N-dealkylation sites (N-methyl/N-ethyl adjacent to an activating group) is 1. The lowest BCUT2D eigenvalue weighted by atomic mass is 10.0. The highest BCUT2D eigenvalue weighted by Gasteiger charge is 2.33. The number of rotatable bonds is 7. The molecule has 1 rings (SSSR count). The second-order valence-electron chi connectivity index (χ2n) is 5.42. The summed E-state index contributed by atoms with van der Waals surface area (Å²) in [7, 11) is 0. The Bertz CT molecular complexity index is 426. The second kappa shape index (κ2) is 6.19. The molecule has 0 aromatic carbocycles. The standard InChI is InChI=1S/C14H25N3O2/c1-6-11(3)17-9-8-12(15-17)10-16(7-2)14(4,5)13(18)19/h8-9,11H,6-7,10H2,1-5H3,(H,18,19). The molecule has 1 aromatic rings. The maximum Gasteiger partial charge on any atom is 0.323 e. The van der Waals surface area contributed by atoms with E-state index in [0.29, 0.717) is 19.1 Å². The third kappa shape index (κ3) is 3.56. The number of hydrogen-bond acceptors (Lipinski definition) is 3. The summed E-state index contributed by atoms with van der Waals surface area (Å²) in [5.41, 5.74) is 0.0333. The lowest BCUT2D eigenvalue weighted by Crippen LogP contribution is -2.49. The molecule has 0 bridgehead atoms. The normalized spacial score (nSPS) is 13.8. The monoisotopic (exact) mass is 267 g/mol. The van der Waals surface area contributed by atoms with E-state index in [0.717, 1.165) is 12.1 Å². The molecule has 19 heavy (non-hydrogen) atoms. The van der Waals surface area contributed by atoms with Gasteiger partial charge in [-0.25, -0.2) is 0 Å². The first-order chi connectivity index (χ1) is 8.82. The van der Waals surface area contributed by atoms with Gasteiger partial charge >= 0.3 is 5.97 Å². The van der Waals surface area contributed by atoms with Gasteiger partial charge in [0.1, 0.15) is 5.54 Å². The van der Waals surface area contributed by atoms with Gasteiger partial charge in [-0.2, -0.15) is 5.10 Å². The first kappa shape index (κ1) is 15.7. The van der Waals surface area contributed by atoms with Crippen LogP contribution in [0.1, 0.15) is 52.8 Å². The molecule has 1 aromatic heterocycles. The third-order valence-electron chi connectivity index (χ3n) is 3.75. The maximum absolute atomic E-state index is 11.3. The van der Waals surface area contributed by atoms with Crippen molar-refractivity contribution in [3.8, 4) is 0 Å². The van der Waals surface area contributed by atoms with Crippen molar-refractivity contribution < 1.29 is 9.90 Å². The fourth-order valence-electron chi connectivity index (χ4n) is 1.93. The zero-order valence-corrected chi connectivity index (χ0v) is 12.6. The SMILES string of the molecule is CCC(C)n1ccc(CN(CC)C(C)(C)C(=O)O)n1. The molecule has 108 valence electrons. The molecule has 0 radical (unpaired) electrons. The molecule has 0 amide bonds. The second-order valence-corrected chi connectivity index (χ2v) is 5.42. The molecule has 0 aliphatic carbocycles. The van der Waals surface area contributed by atoms with Crippen LogP contribution in [0.2, 0.25) is 0 Å². The average Bonchev–Trinajstić information content (AvgIpc) is 2.83. The molecule has 1 heterocycles. The van der Waals surface area contributed by atoms with Crippen molar-refractivity contribution in [3.63, 3.8) is 0 Å². The minimum Gasteiger partial charge on any atom is -0.480 e. The largest absolute Gasteiger partial charge is 0.480 e. The van der Waals surface area contributed by atoms with Crippen molar-refractivity contribution in [2.75, 3.05) is 6.54 Å². The van der Waals surface area contributed by atoms with Crippen molar-refractivity contribution in [2.24, 2.45) is 0 Å². The van der Waals surface area contributed by atoms with Crippen LogP contribution in [0.5, 0.6) is 0 Å². The van der Waals surface area contributed by atoms with E-state index in [-0.39, 0.29) is 0 Å². The van der Waals surface area contributed by atoms with Gasteiger partial charge in [-0.05, 0) is 39.8 Å². The lowest BCUT2D eigenvalue weighted by Gasteiger charge is -2.33. The van der Waals surface area contributed by atoms with Crippen molar-refractivity contribution in [1.82, 2.24) is 14.7 Å². The van der Waals surface area contributed by atoms with Gasteiger partial charge in [0.15, 0.2) is 0 Å². The van der Waals surface area contributed by atoms with Crippen molar-refractivity contribution >= 4 is 5.97 Å². The fourth-order valence-corrected chi connectivity index (χ4v) is 1.93. The highest BCUT2D eigenvalue weighted by atomic mass is 16.4. The molecular weight excluding hydrogens is 242 g/mol. The summed E-state index contributed by atoms with van der Waals surface area (Å²) in [6, 6.07) is 2.34. The quantitative estimate of drug-likeness (QED) is 0.824. The number of aliphatic carboxylic acids is 1. The maximum atomic E-state index is 11.3. The van der Waals surface area contributed by atoms with Gasteiger partial charge in [-0.15, -0.1) is 0 Å². The molecule has 5 nitrogen and oxygen atoms in total. The molecule has 1 N–H and O–H groups in total. The first-order valence-corrected chi connectivity index (χ1v) is 6.85. The van der Waals surface area contributed by atoms with Crippen LogP contribution in [0.3, 0.4) is 0 Å². The van der Waals surface area contributed by atoms with Crippen LogP contribution in [0, 0.1) is 0 Å². The van der Waals surface area contributed by atoms with Crippen LogP contribution in [0.25, 0.3) is 0 Å². The number of hydrogen-bond donors (Lipinski definition) is 1. The molecule has 0 saturated carbocycles. The minimum atomic E-state index is -0.880. The topological polar surface area (TPSA) is 58.4 Å². The van der Waals surface area contributed by atoms with E-state index in [1.165, 1.54) is 0 Å². The molecule has 1 unspecified atom stereocenters. The van der Waals surface area contributed by atoms with E-state index in [2.05, 4.69) is 18.9 Å². The van der Waals surface area contributed by atoms with Crippen LogP contribution < -0.4 is 0 Å². The first-order valence-electron chi connectivity index (χ1n) is 6.85. The summed E-state index contributed by atoms with van der Waals surface area (Å²) in [5, 5.41) is 13.8. The molecule has 0 aliphatic heterocycles. The Morgan fingerprint density at radius 1 is 1.53 bits per heavy atom. The highest BCUT2D eigenvalue weighted by molar-refractivity contribution is 5.77. The highest BCUT2D eigenvalue weighted by Crippen LogP contribution is 2.18. The van der Waals surface area contributed by atoms with Gasteiger partial charge in [-0.1, -0.05) is 13.8 Å². The van der Waals surface area contributed by atoms with E-state index in [1.54, 1.807) is 13.8 Å². The summed E-state index contributed by atoms with van der Waals surface area (Å²) in [6.45, 7) is 10.9. The number of carboxylic acids is 1. The van der Waals surface area contributed by atoms with E-state index < -0.39 is 11.5 Å². The average molecular weight is 267 g/mol. The Kier molecular flexibility index (Phi) is 5.11. The molecule has 0 aliphatic rings. The Balaban J connectivity index is 2.82. The van der Waals surface area contributed by atoms with Gasteiger partial charge in [0.05, 0.1) is 5.69 Å². The van der Waals surface area contributed by atoms with Crippen molar-refractivity contribution in [1.29, 1.82) is 0 Å². The molecule has 5 heteroatoms. The number of carbonyl (C=O) groups is 1. The smallest absolute Gasteiger partial charge is 0.323 e. The van der Waals surface area contributed by atoms with Crippen LogP contribution in [0.4, 0.5) is 0 Å². The summed E-state index contributed by atoms with van der Waals surface area (Å²) in [6.07, 6.45) is 2.99. The predicted molar refractivity (Wildman–Crippen MR) is 75.0 cm³/mol. The van der Waals surface area contributed by atoms with E-state index >= 15 is 0 Å². The number of aromatic nitrogens is 2. The Morgan fingerprint density at radius 2 is 2.16 bits per heavy atom. The van der Waals surface area contributed by atoms with Gasteiger partial charge < -0.3 is 5.11 Å². The van der Waals surface area contributed by atoms with Gasteiger partial charge in [0.25, 0.3) is 0 Å². The molecule has 1 atom stereocenters. The van der Waals surface area contributed by atoms with Crippen LogP contribution in [-0.4, -0.2) is 37.8 Å². The van der Waals surface area contributed by atoms with E-state index in [9.17, 15) is 9.90 Å². The van der Waals surface area contributed by atoms with Gasteiger partial charge in [-0.3, -0.25) is 14.4 Å². The van der Waals surface area contributed by atoms with Crippen LogP contribution in [-0.2, 0) is 11.3 Å². The Labute approximate surface area is 115 Å². The Hall–Kier alpha value is -1.36. The summed E-state index contributed by atoms with van der Waals surface area (Å²) in [4.78, 5) is 13.2. The van der Waals surface area contributed by atoms with E-state index in [1.807, 2.05) is 28.8 Å².